The number of hydrogen-bond acceptors (Lipinski definition) is 2. The smallest absolute Gasteiger partial charge is 0.124 e. The summed E-state index contributed by atoms with van der Waals surface area (Å²) < 4.78 is 19.9. The Kier molecular flexibility index (Phi) is 3.85. The van der Waals surface area contributed by atoms with E-state index >= 15 is 0 Å². The Morgan fingerprint density at radius 1 is 1.30 bits per heavy atom. The maximum absolute atomic E-state index is 13.0. The number of ether oxygens (including phenoxy) is 1. The molecule has 1 atom stereocenters. The zero-order valence-corrected chi connectivity index (χ0v) is 12.8. The summed E-state index contributed by atoms with van der Waals surface area (Å²) in [5.74, 6) is 0.583. The summed E-state index contributed by atoms with van der Waals surface area (Å²) in [7, 11) is 0. The van der Waals surface area contributed by atoms with Gasteiger partial charge in [-0.15, -0.1) is 0 Å². The van der Waals surface area contributed by atoms with Crippen LogP contribution in [0.4, 0.5) is 10.1 Å². The van der Waals surface area contributed by atoms with Gasteiger partial charge in [-0.05, 0) is 42.0 Å². The Labute approximate surface area is 130 Å². The molecule has 104 valence electrons. The van der Waals surface area contributed by atoms with Crippen LogP contribution < -0.4 is 10.1 Å². The van der Waals surface area contributed by atoms with Crippen LogP contribution in [0, 0.1) is 5.82 Å². The second-order valence-corrected chi connectivity index (χ2v) is 6.02. The molecule has 1 aliphatic heterocycles. The van der Waals surface area contributed by atoms with Crippen molar-refractivity contribution in [2.45, 2.75) is 12.5 Å². The standard InChI is InChI=1S/C15H12BrClFNO/c16-10-1-4-15-9(5-10)6-12(20-15)8-19-14-3-2-11(18)7-13(14)17/h1-5,7,12,19H,6,8H2. The minimum absolute atomic E-state index is 0.0559. The lowest BCUT2D eigenvalue weighted by Crippen LogP contribution is -2.24. The zero-order valence-electron chi connectivity index (χ0n) is 10.5. The lowest BCUT2D eigenvalue weighted by Gasteiger charge is -2.13. The number of halogens is 3. The lowest BCUT2D eigenvalue weighted by molar-refractivity contribution is 0.246. The predicted octanol–water partition coefficient (Wildman–Crippen LogP) is 4.66. The molecule has 5 heteroatoms. The second kappa shape index (κ2) is 5.62. The van der Waals surface area contributed by atoms with E-state index in [2.05, 4.69) is 27.3 Å². The SMILES string of the molecule is Fc1ccc(NCC2Cc3cc(Br)ccc3O2)c(Cl)c1. The number of anilines is 1. The van der Waals surface area contributed by atoms with Gasteiger partial charge < -0.3 is 10.1 Å². The van der Waals surface area contributed by atoms with Crippen molar-refractivity contribution in [1.29, 1.82) is 0 Å². The van der Waals surface area contributed by atoms with Crippen molar-refractivity contribution >= 4 is 33.2 Å². The number of benzene rings is 2. The molecule has 20 heavy (non-hydrogen) atoms. The van der Waals surface area contributed by atoms with Gasteiger partial charge in [0, 0.05) is 10.9 Å². The molecule has 1 N–H and O–H groups in total. The van der Waals surface area contributed by atoms with Gasteiger partial charge in [-0.25, -0.2) is 4.39 Å². The highest BCUT2D eigenvalue weighted by Gasteiger charge is 2.22. The van der Waals surface area contributed by atoms with Gasteiger partial charge in [0.05, 0.1) is 17.3 Å². The Bertz CT molecular complexity index is 650. The molecular formula is C15H12BrClFNO. The first kappa shape index (κ1) is 13.7. The first-order chi connectivity index (χ1) is 9.61. The third-order valence-electron chi connectivity index (χ3n) is 3.22. The summed E-state index contributed by atoms with van der Waals surface area (Å²) in [6, 6.07) is 10.3. The molecule has 0 saturated carbocycles. The van der Waals surface area contributed by atoms with Crippen LogP contribution >= 0.6 is 27.5 Å². The lowest BCUT2D eigenvalue weighted by atomic mass is 10.1. The fourth-order valence-corrected chi connectivity index (χ4v) is 2.90. The molecule has 1 heterocycles. The van der Waals surface area contributed by atoms with E-state index in [0.29, 0.717) is 17.3 Å². The van der Waals surface area contributed by atoms with Gasteiger partial charge in [0.2, 0.25) is 0 Å². The summed E-state index contributed by atoms with van der Waals surface area (Å²) in [5.41, 5.74) is 1.91. The number of fused-ring (bicyclic) bond motifs is 1. The van der Waals surface area contributed by atoms with E-state index in [1.807, 2.05) is 12.1 Å². The fraction of sp³-hybridized carbons (Fsp3) is 0.200. The number of nitrogens with one attached hydrogen (secondary N) is 1. The molecule has 2 nitrogen and oxygen atoms in total. The predicted molar refractivity (Wildman–Crippen MR) is 82.2 cm³/mol. The van der Waals surface area contributed by atoms with Crippen LogP contribution in [-0.2, 0) is 6.42 Å². The van der Waals surface area contributed by atoms with Crippen LogP contribution in [0.3, 0.4) is 0 Å². The molecule has 0 fully saturated rings. The maximum Gasteiger partial charge on any atom is 0.124 e. The number of hydrogen-bond donors (Lipinski definition) is 1. The summed E-state index contributed by atoms with van der Waals surface area (Å²) in [4.78, 5) is 0. The molecule has 0 saturated heterocycles. The Morgan fingerprint density at radius 2 is 2.15 bits per heavy atom. The normalized spacial score (nSPS) is 16.6. The van der Waals surface area contributed by atoms with Crippen molar-refractivity contribution in [2.75, 3.05) is 11.9 Å². The van der Waals surface area contributed by atoms with Gasteiger partial charge in [0.25, 0.3) is 0 Å². The van der Waals surface area contributed by atoms with E-state index in [9.17, 15) is 4.39 Å². The topological polar surface area (TPSA) is 21.3 Å². The first-order valence-electron chi connectivity index (χ1n) is 6.26. The van der Waals surface area contributed by atoms with Gasteiger partial charge in [-0.3, -0.25) is 0 Å². The molecule has 2 aromatic carbocycles. The van der Waals surface area contributed by atoms with Gasteiger partial charge >= 0.3 is 0 Å². The van der Waals surface area contributed by atoms with E-state index in [0.717, 1.165) is 16.6 Å². The zero-order chi connectivity index (χ0) is 14.1. The fourth-order valence-electron chi connectivity index (χ4n) is 2.26. The highest BCUT2D eigenvalue weighted by atomic mass is 79.9. The first-order valence-corrected chi connectivity index (χ1v) is 7.43. The Balaban J connectivity index is 1.63. The maximum atomic E-state index is 13.0. The van der Waals surface area contributed by atoms with Gasteiger partial charge in [0.15, 0.2) is 0 Å². The van der Waals surface area contributed by atoms with Crippen LogP contribution in [0.5, 0.6) is 5.75 Å². The van der Waals surface area contributed by atoms with E-state index < -0.39 is 0 Å². The molecule has 0 aliphatic carbocycles. The van der Waals surface area contributed by atoms with Crippen molar-refractivity contribution in [1.82, 2.24) is 0 Å². The molecule has 3 rings (SSSR count). The second-order valence-electron chi connectivity index (χ2n) is 4.70. The van der Waals surface area contributed by atoms with E-state index in [4.69, 9.17) is 16.3 Å². The molecule has 0 amide bonds. The van der Waals surface area contributed by atoms with Crippen molar-refractivity contribution in [3.63, 3.8) is 0 Å². The highest BCUT2D eigenvalue weighted by Crippen LogP contribution is 2.31. The molecule has 0 bridgehead atoms. The third-order valence-corrected chi connectivity index (χ3v) is 4.02. The highest BCUT2D eigenvalue weighted by molar-refractivity contribution is 9.10. The van der Waals surface area contributed by atoms with E-state index in [1.165, 1.54) is 17.7 Å². The van der Waals surface area contributed by atoms with Gasteiger partial charge in [0.1, 0.15) is 17.7 Å². The van der Waals surface area contributed by atoms with Gasteiger partial charge in [-0.1, -0.05) is 27.5 Å². The van der Waals surface area contributed by atoms with Crippen molar-refractivity contribution in [3.8, 4) is 5.75 Å². The average Bonchev–Trinajstić information content (AvgIpc) is 2.79. The Morgan fingerprint density at radius 3 is 2.95 bits per heavy atom. The minimum atomic E-state index is -0.338. The largest absolute Gasteiger partial charge is 0.488 e. The average molecular weight is 357 g/mol. The van der Waals surface area contributed by atoms with Crippen molar-refractivity contribution in [2.24, 2.45) is 0 Å². The molecule has 1 aliphatic rings. The van der Waals surface area contributed by atoms with Crippen molar-refractivity contribution < 1.29 is 9.13 Å². The van der Waals surface area contributed by atoms with Crippen LogP contribution in [-0.4, -0.2) is 12.6 Å². The van der Waals surface area contributed by atoms with Crippen LogP contribution in [0.1, 0.15) is 5.56 Å². The number of rotatable bonds is 3. The molecule has 2 aromatic rings. The van der Waals surface area contributed by atoms with Crippen LogP contribution in [0.25, 0.3) is 0 Å². The summed E-state index contributed by atoms with van der Waals surface area (Å²) in [5, 5.41) is 3.57. The molecule has 1 unspecified atom stereocenters. The third kappa shape index (κ3) is 2.91. The van der Waals surface area contributed by atoms with Crippen molar-refractivity contribution in [3.05, 3.63) is 57.3 Å². The Hall–Kier alpha value is -1.26. The summed E-state index contributed by atoms with van der Waals surface area (Å²) in [6.45, 7) is 0.623. The summed E-state index contributed by atoms with van der Waals surface area (Å²) >= 11 is 9.43. The van der Waals surface area contributed by atoms with E-state index in [1.54, 1.807) is 6.07 Å². The monoisotopic (exact) mass is 355 g/mol. The van der Waals surface area contributed by atoms with Gasteiger partial charge in [-0.2, -0.15) is 0 Å². The molecule has 0 aromatic heterocycles. The minimum Gasteiger partial charge on any atom is -0.488 e. The molecule has 0 spiro atoms. The molecule has 0 radical (unpaired) electrons. The quantitative estimate of drug-likeness (QED) is 0.864. The van der Waals surface area contributed by atoms with Crippen LogP contribution in [0.2, 0.25) is 5.02 Å². The van der Waals surface area contributed by atoms with E-state index in [-0.39, 0.29) is 11.9 Å². The summed E-state index contributed by atoms with van der Waals surface area (Å²) in [6.07, 6.45) is 0.904. The molecular weight excluding hydrogens is 345 g/mol. The van der Waals surface area contributed by atoms with Crippen LogP contribution in [0.15, 0.2) is 40.9 Å².